The van der Waals surface area contributed by atoms with Gasteiger partial charge < -0.3 is 22.6 Å². The van der Waals surface area contributed by atoms with Gasteiger partial charge >= 0.3 is 0 Å². The van der Waals surface area contributed by atoms with Crippen LogP contribution >= 0.6 is 0 Å². The Morgan fingerprint density at radius 3 is 1.54 bits per heavy atom. The highest BCUT2D eigenvalue weighted by Gasteiger charge is 2.11. The van der Waals surface area contributed by atoms with Crippen molar-refractivity contribution in [3.05, 3.63) is 12.7 Å². The molecule has 0 atom stereocenters. The second kappa shape index (κ2) is 20.5. The SMILES string of the molecule is C=CC(N)=O.CCCCCCCCCCCC[N+](C)(C)CCC.[Cl-]. The Bertz CT molecular complexity index is 281. The van der Waals surface area contributed by atoms with Crippen molar-refractivity contribution in [3.63, 3.8) is 0 Å². The van der Waals surface area contributed by atoms with E-state index in [2.05, 4.69) is 40.3 Å². The molecule has 0 aromatic heterocycles. The van der Waals surface area contributed by atoms with Gasteiger partial charge in [0.15, 0.2) is 0 Å². The molecule has 146 valence electrons. The van der Waals surface area contributed by atoms with Crippen molar-refractivity contribution in [3.8, 4) is 0 Å². The molecule has 2 N–H and O–H groups in total. The van der Waals surface area contributed by atoms with Crippen LogP contribution in [0.1, 0.15) is 84.5 Å². The molecule has 4 heteroatoms. The number of carbonyl (C=O) groups is 1. The molecule has 0 spiro atoms. The Morgan fingerprint density at radius 1 is 0.833 bits per heavy atom. The molecule has 0 fully saturated rings. The lowest BCUT2D eigenvalue weighted by molar-refractivity contribution is -0.890. The van der Waals surface area contributed by atoms with Crippen molar-refractivity contribution in [1.82, 2.24) is 0 Å². The molecular weight excluding hydrogens is 320 g/mol. The van der Waals surface area contributed by atoms with Crippen LogP contribution in [0.5, 0.6) is 0 Å². The van der Waals surface area contributed by atoms with Gasteiger partial charge in [-0.2, -0.15) is 0 Å². The average Bonchev–Trinajstić information content (AvgIpc) is 2.49. The summed E-state index contributed by atoms with van der Waals surface area (Å²) in [5.41, 5.74) is 4.53. The summed E-state index contributed by atoms with van der Waals surface area (Å²) in [6.07, 6.45) is 16.8. The summed E-state index contributed by atoms with van der Waals surface area (Å²) >= 11 is 0. The third-order valence-corrected chi connectivity index (χ3v) is 4.15. The number of rotatable bonds is 14. The van der Waals surface area contributed by atoms with Crippen molar-refractivity contribution < 1.29 is 21.7 Å². The number of nitrogens with two attached hydrogens (primary N) is 1. The Labute approximate surface area is 158 Å². The number of amides is 1. The van der Waals surface area contributed by atoms with Crippen molar-refractivity contribution in [2.24, 2.45) is 5.73 Å². The van der Waals surface area contributed by atoms with Gasteiger partial charge in [-0.25, -0.2) is 0 Å². The van der Waals surface area contributed by atoms with Crippen LogP contribution in [-0.4, -0.2) is 37.6 Å². The summed E-state index contributed by atoms with van der Waals surface area (Å²) in [6, 6.07) is 0. The normalized spacial score (nSPS) is 10.3. The molecule has 1 amide bonds. The quantitative estimate of drug-likeness (QED) is 0.287. The lowest BCUT2D eigenvalue weighted by atomic mass is 10.1. The van der Waals surface area contributed by atoms with Gasteiger partial charge in [-0.15, -0.1) is 0 Å². The Morgan fingerprint density at radius 2 is 1.21 bits per heavy atom. The monoisotopic (exact) mass is 362 g/mol. The molecule has 0 saturated carbocycles. The fourth-order valence-corrected chi connectivity index (χ4v) is 2.74. The van der Waals surface area contributed by atoms with E-state index in [1.807, 2.05) is 0 Å². The first-order valence-electron chi connectivity index (χ1n) is 9.63. The van der Waals surface area contributed by atoms with Crippen LogP contribution in [0.4, 0.5) is 0 Å². The van der Waals surface area contributed by atoms with Crippen molar-refractivity contribution in [2.75, 3.05) is 27.2 Å². The standard InChI is InChI=1S/C17H38N.C3H5NO.ClH/c1-5-7-8-9-10-11-12-13-14-15-17-18(3,4)16-6-2;1-2-3(4)5;/h5-17H2,1-4H3;2H,1H2,(H2,4,5);1H/q+1;;/p-1. The minimum absolute atomic E-state index is 0. The van der Waals surface area contributed by atoms with Gasteiger partial charge in [0.05, 0.1) is 27.2 Å². The first-order valence-corrected chi connectivity index (χ1v) is 9.63. The Balaban J connectivity index is -0.000000639. The van der Waals surface area contributed by atoms with Crippen LogP contribution in [0.3, 0.4) is 0 Å². The van der Waals surface area contributed by atoms with E-state index in [0.717, 1.165) is 6.08 Å². The van der Waals surface area contributed by atoms with Gasteiger partial charge in [-0.3, -0.25) is 4.79 Å². The van der Waals surface area contributed by atoms with E-state index in [1.165, 1.54) is 88.2 Å². The van der Waals surface area contributed by atoms with Crippen LogP contribution < -0.4 is 18.1 Å². The lowest BCUT2D eigenvalue weighted by Gasteiger charge is -2.29. The summed E-state index contributed by atoms with van der Waals surface area (Å²) in [5, 5.41) is 0. The molecule has 0 rings (SSSR count). The number of halogens is 1. The number of hydrogen-bond acceptors (Lipinski definition) is 1. The minimum atomic E-state index is -0.481. The molecule has 0 aromatic carbocycles. The maximum Gasteiger partial charge on any atom is 0.240 e. The van der Waals surface area contributed by atoms with Crippen molar-refractivity contribution in [1.29, 1.82) is 0 Å². The zero-order valence-corrected chi connectivity index (χ0v) is 17.5. The van der Waals surface area contributed by atoms with Gasteiger partial charge in [0, 0.05) is 0 Å². The lowest BCUT2D eigenvalue weighted by Crippen LogP contribution is -3.00. The second-order valence-corrected chi connectivity index (χ2v) is 7.17. The molecule has 0 aliphatic rings. The van der Waals surface area contributed by atoms with Gasteiger partial charge in [0.25, 0.3) is 0 Å². The van der Waals surface area contributed by atoms with Crippen LogP contribution in [-0.2, 0) is 4.79 Å². The van der Waals surface area contributed by atoms with Crippen molar-refractivity contribution in [2.45, 2.75) is 84.5 Å². The van der Waals surface area contributed by atoms with Gasteiger partial charge in [0.2, 0.25) is 5.91 Å². The van der Waals surface area contributed by atoms with Gasteiger partial charge in [0.1, 0.15) is 0 Å². The summed E-state index contributed by atoms with van der Waals surface area (Å²) in [4.78, 5) is 9.47. The number of carbonyl (C=O) groups excluding carboxylic acids is 1. The van der Waals surface area contributed by atoms with Crippen LogP contribution in [0, 0.1) is 0 Å². The smallest absolute Gasteiger partial charge is 0.240 e. The molecular formula is C20H43ClN2O. The molecule has 0 bridgehead atoms. The second-order valence-electron chi connectivity index (χ2n) is 7.17. The fourth-order valence-electron chi connectivity index (χ4n) is 2.74. The minimum Gasteiger partial charge on any atom is -1.00 e. The summed E-state index contributed by atoms with van der Waals surface area (Å²) in [7, 11) is 4.74. The van der Waals surface area contributed by atoms with Crippen LogP contribution in [0.25, 0.3) is 0 Å². The Hall–Kier alpha value is -0.540. The number of quaternary nitrogens is 1. The predicted molar refractivity (Wildman–Crippen MR) is 103 cm³/mol. The maximum absolute atomic E-state index is 9.47. The first-order chi connectivity index (χ1) is 10.9. The highest BCUT2D eigenvalue weighted by atomic mass is 35.5. The highest BCUT2D eigenvalue weighted by molar-refractivity contribution is 5.84. The molecule has 0 saturated heterocycles. The summed E-state index contributed by atoms with van der Waals surface area (Å²) < 4.78 is 1.22. The third-order valence-electron chi connectivity index (χ3n) is 4.15. The molecule has 3 nitrogen and oxygen atoms in total. The largest absolute Gasteiger partial charge is 1.00 e. The third kappa shape index (κ3) is 26.4. The average molecular weight is 363 g/mol. The first kappa shape index (κ1) is 28.3. The van der Waals surface area contributed by atoms with Crippen LogP contribution in [0.2, 0.25) is 0 Å². The highest BCUT2D eigenvalue weighted by Crippen LogP contribution is 2.11. The molecule has 0 radical (unpaired) electrons. The van der Waals surface area contributed by atoms with E-state index < -0.39 is 5.91 Å². The molecule has 0 unspecified atom stereocenters. The maximum atomic E-state index is 9.47. The Kier molecular flexibility index (Phi) is 24.2. The number of unbranched alkanes of at least 4 members (excludes halogenated alkanes) is 9. The fraction of sp³-hybridized carbons (Fsp3) is 0.850. The zero-order valence-electron chi connectivity index (χ0n) is 16.8. The van der Waals surface area contributed by atoms with E-state index in [0.29, 0.717) is 0 Å². The summed E-state index contributed by atoms with van der Waals surface area (Å²) in [6.45, 7) is 10.4. The van der Waals surface area contributed by atoms with E-state index in [-0.39, 0.29) is 12.4 Å². The van der Waals surface area contributed by atoms with E-state index in [1.54, 1.807) is 0 Å². The van der Waals surface area contributed by atoms with Crippen molar-refractivity contribution >= 4 is 5.91 Å². The molecule has 0 heterocycles. The van der Waals surface area contributed by atoms with E-state index in [9.17, 15) is 4.79 Å². The van der Waals surface area contributed by atoms with E-state index >= 15 is 0 Å². The zero-order chi connectivity index (χ0) is 18.0. The molecule has 0 aromatic rings. The van der Waals surface area contributed by atoms with Gasteiger partial charge in [-0.05, 0) is 25.3 Å². The predicted octanol–water partition coefficient (Wildman–Crippen LogP) is 2.06. The molecule has 24 heavy (non-hydrogen) atoms. The van der Waals surface area contributed by atoms with Crippen LogP contribution in [0.15, 0.2) is 12.7 Å². The number of primary amides is 1. The molecule has 0 aliphatic carbocycles. The summed E-state index contributed by atoms with van der Waals surface area (Å²) in [5.74, 6) is -0.481. The number of nitrogens with zero attached hydrogens (tertiary/aromatic N) is 1. The topological polar surface area (TPSA) is 43.1 Å². The number of hydrogen-bond donors (Lipinski definition) is 1. The molecule has 0 aliphatic heterocycles. The van der Waals surface area contributed by atoms with E-state index in [4.69, 9.17) is 0 Å². The van der Waals surface area contributed by atoms with Gasteiger partial charge in [-0.1, -0.05) is 71.8 Å².